The zero-order valence-corrected chi connectivity index (χ0v) is 11.3. The number of benzene rings is 2. The normalized spacial score (nSPS) is 10.3. The van der Waals surface area contributed by atoms with E-state index in [2.05, 4.69) is 5.32 Å². The Morgan fingerprint density at radius 3 is 2.32 bits per heavy atom. The summed E-state index contributed by atoms with van der Waals surface area (Å²) in [6, 6.07) is 10.5. The molecule has 2 N–H and O–H groups in total. The van der Waals surface area contributed by atoms with Crippen molar-refractivity contribution in [3.8, 4) is 5.75 Å². The Balaban J connectivity index is 2.23. The second-order valence-corrected chi connectivity index (χ2v) is 4.75. The van der Waals surface area contributed by atoms with Crippen molar-refractivity contribution in [1.29, 1.82) is 0 Å². The van der Waals surface area contributed by atoms with E-state index >= 15 is 0 Å². The summed E-state index contributed by atoms with van der Waals surface area (Å²) in [6.07, 6.45) is 0. The van der Waals surface area contributed by atoms with Crippen molar-refractivity contribution in [2.75, 3.05) is 5.32 Å². The van der Waals surface area contributed by atoms with Gasteiger partial charge in [0.15, 0.2) is 0 Å². The summed E-state index contributed by atoms with van der Waals surface area (Å²) >= 11 is 0. The highest BCUT2D eigenvalue weighted by Crippen LogP contribution is 2.19. The molecule has 0 aromatic heterocycles. The predicted octanol–water partition coefficient (Wildman–Crippen LogP) is 3.57. The number of phenols is 1. The third-order valence-corrected chi connectivity index (χ3v) is 3.22. The number of amides is 1. The molecule has 3 heteroatoms. The number of carbonyl (C=O) groups excluding carboxylic acids is 1. The fraction of sp³-hybridized carbons (Fsp3) is 0.188. The summed E-state index contributed by atoms with van der Waals surface area (Å²) in [6.45, 7) is 5.84. The monoisotopic (exact) mass is 255 g/mol. The van der Waals surface area contributed by atoms with Crippen molar-refractivity contribution in [2.24, 2.45) is 0 Å². The van der Waals surface area contributed by atoms with Crippen LogP contribution in [0.5, 0.6) is 5.75 Å². The van der Waals surface area contributed by atoms with Crippen LogP contribution in [0.4, 0.5) is 5.69 Å². The van der Waals surface area contributed by atoms with Gasteiger partial charge in [-0.05, 0) is 67.8 Å². The first-order valence-corrected chi connectivity index (χ1v) is 6.15. The quantitative estimate of drug-likeness (QED) is 0.861. The Kier molecular flexibility index (Phi) is 3.56. The second-order valence-electron chi connectivity index (χ2n) is 4.75. The van der Waals surface area contributed by atoms with Crippen LogP contribution in [0.2, 0.25) is 0 Å². The molecule has 19 heavy (non-hydrogen) atoms. The average molecular weight is 255 g/mol. The molecule has 2 aromatic carbocycles. The molecule has 0 bridgehead atoms. The van der Waals surface area contributed by atoms with E-state index < -0.39 is 0 Å². The minimum atomic E-state index is -0.166. The maximum Gasteiger partial charge on any atom is 0.255 e. The van der Waals surface area contributed by atoms with Gasteiger partial charge in [0.2, 0.25) is 0 Å². The van der Waals surface area contributed by atoms with Crippen molar-refractivity contribution >= 4 is 11.6 Å². The third kappa shape index (κ3) is 2.94. The van der Waals surface area contributed by atoms with Crippen LogP contribution < -0.4 is 5.32 Å². The molecular formula is C16H17NO2. The van der Waals surface area contributed by atoms with E-state index in [4.69, 9.17) is 0 Å². The molecule has 3 nitrogen and oxygen atoms in total. The molecule has 2 rings (SSSR count). The average Bonchev–Trinajstić information content (AvgIpc) is 2.33. The summed E-state index contributed by atoms with van der Waals surface area (Å²) in [5, 5.41) is 12.2. The highest BCUT2D eigenvalue weighted by atomic mass is 16.3. The Morgan fingerprint density at radius 2 is 1.68 bits per heavy atom. The van der Waals surface area contributed by atoms with Crippen LogP contribution in [0.15, 0.2) is 36.4 Å². The van der Waals surface area contributed by atoms with Crippen LogP contribution >= 0.6 is 0 Å². The van der Waals surface area contributed by atoms with Gasteiger partial charge < -0.3 is 10.4 Å². The Labute approximate surface area is 112 Å². The van der Waals surface area contributed by atoms with E-state index in [0.717, 1.165) is 16.8 Å². The smallest absolute Gasteiger partial charge is 0.255 e. The molecule has 1 amide bonds. The van der Waals surface area contributed by atoms with Crippen molar-refractivity contribution in [3.05, 3.63) is 58.7 Å². The van der Waals surface area contributed by atoms with Crippen LogP contribution in [0.1, 0.15) is 27.0 Å². The topological polar surface area (TPSA) is 49.3 Å². The van der Waals surface area contributed by atoms with Crippen LogP contribution in [-0.2, 0) is 0 Å². The number of carbonyl (C=O) groups is 1. The predicted molar refractivity (Wildman–Crippen MR) is 76.7 cm³/mol. The van der Waals surface area contributed by atoms with Gasteiger partial charge in [0.1, 0.15) is 5.75 Å². The number of hydrogen-bond acceptors (Lipinski definition) is 2. The molecule has 98 valence electrons. The largest absolute Gasteiger partial charge is 0.508 e. The van der Waals surface area contributed by atoms with Crippen LogP contribution in [0.3, 0.4) is 0 Å². The second kappa shape index (κ2) is 5.14. The summed E-state index contributed by atoms with van der Waals surface area (Å²) in [5.74, 6) is 0.000911. The Bertz CT molecular complexity index is 633. The summed E-state index contributed by atoms with van der Waals surface area (Å²) in [5.41, 5.74) is 4.43. The number of nitrogens with one attached hydrogen (secondary N) is 1. The first kappa shape index (κ1) is 13.1. The lowest BCUT2D eigenvalue weighted by Gasteiger charge is -2.09. The van der Waals surface area contributed by atoms with Crippen LogP contribution in [0, 0.1) is 20.8 Å². The molecule has 0 aliphatic heterocycles. The zero-order valence-electron chi connectivity index (χ0n) is 11.3. The van der Waals surface area contributed by atoms with Gasteiger partial charge in [-0.1, -0.05) is 6.07 Å². The van der Waals surface area contributed by atoms with Crippen molar-refractivity contribution in [1.82, 2.24) is 0 Å². The first-order valence-electron chi connectivity index (χ1n) is 6.15. The number of phenolic OH excluding ortho intramolecular Hbond substituents is 1. The van der Waals surface area contributed by atoms with E-state index in [0.29, 0.717) is 5.56 Å². The van der Waals surface area contributed by atoms with E-state index in [-0.39, 0.29) is 11.7 Å². The summed E-state index contributed by atoms with van der Waals surface area (Å²) in [4.78, 5) is 12.1. The van der Waals surface area contributed by atoms with Gasteiger partial charge in [0.25, 0.3) is 5.91 Å². The highest BCUT2D eigenvalue weighted by molar-refractivity contribution is 6.05. The minimum absolute atomic E-state index is 0.166. The lowest BCUT2D eigenvalue weighted by molar-refractivity contribution is 0.102. The molecule has 2 aromatic rings. The van der Waals surface area contributed by atoms with Gasteiger partial charge in [0, 0.05) is 11.3 Å². The van der Waals surface area contributed by atoms with E-state index in [1.165, 1.54) is 11.6 Å². The van der Waals surface area contributed by atoms with Crippen molar-refractivity contribution in [3.63, 3.8) is 0 Å². The van der Waals surface area contributed by atoms with E-state index in [1.807, 2.05) is 32.0 Å². The number of hydrogen-bond donors (Lipinski definition) is 2. The van der Waals surface area contributed by atoms with Gasteiger partial charge in [-0.25, -0.2) is 0 Å². The molecule has 0 saturated heterocycles. The lowest BCUT2D eigenvalue weighted by Crippen LogP contribution is -2.13. The fourth-order valence-electron chi connectivity index (χ4n) is 1.92. The fourth-order valence-corrected chi connectivity index (χ4v) is 1.92. The molecule has 0 aliphatic rings. The van der Waals surface area contributed by atoms with Crippen molar-refractivity contribution < 1.29 is 9.90 Å². The molecule has 0 spiro atoms. The van der Waals surface area contributed by atoms with E-state index in [1.54, 1.807) is 19.1 Å². The molecular weight excluding hydrogens is 238 g/mol. The number of anilines is 1. The summed E-state index contributed by atoms with van der Waals surface area (Å²) < 4.78 is 0. The van der Waals surface area contributed by atoms with E-state index in [9.17, 15) is 9.90 Å². The number of rotatable bonds is 2. The molecule has 0 atom stereocenters. The van der Waals surface area contributed by atoms with Gasteiger partial charge in [-0.2, -0.15) is 0 Å². The minimum Gasteiger partial charge on any atom is -0.508 e. The zero-order chi connectivity index (χ0) is 14.0. The highest BCUT2D eigenvalue weighted by Gasteiger charge is 2.10. The SMILES string of the molecule is Cc1ccc(NC(=O)c2ccc(O)cc2C)cc1C. The standard InChI is InChI=1S/C16H17NO2/c1-10-4-5-13(8-11(10)2)17-16(19)15-7-6-14(18)9-12(15)3/h4-9,18H,1-3H3,(H,17,19). The third-order valence-electron chi connectivity index (χ3n) is 3.22. The molecule has 0 radical (unpaired) electrons. The molecule has 0 heterocycles. The Morgan fingerprint density at radius 1 is 0.947 bits per heavy atom. The maximum absolute atomic E-state index is 12.1. The lowest BCUT2D eigenvalue weighted by atomic mass is 10.1. The van der Waals surface area contributed by atoms with Gasteiger partial charge >= 0.3 is 0 Å². The Hall–Kier alpha value is -2.29. The van der Waals surface area contributed by atoms with Gasteiger partial charge in [-0.15, -0.1) is 0 Å². The van der Waals surface area contributed by atoms with Gasteiger partial charge in [0.05, 0.1) is 0 Å². The van der Waals surface area contributed by atoms with Crippen molar-refractivity contribution in [2.45, 2.75) is 20.8 Å². The number of aromatic hydroxyl groups is 1. The molecule has 0 saturated carbocycles. The van der Waals surface area contributed by atoms with Crippen LogP contribution in [-0.4, -0.2) is 11.0 Å². The molecule has 0 unspecified atom stereocenters. The summed E-state index contributed by atoms with van der Waals surface area (Å²) in [7, 11) is 0. The molecule has 0 fully saturated rings. The maximum atomic E-state index is 12.1. The van der Waals surface area contributed by atoms with Crippen LogP contribution in [0.25, 0.3) is 0 Å². The van der Waals surface area contributed by atoms with Gasteiger partial charge in [-0.3, -0.25) is 4.79 Å². The first-order chi connectivity index (χ1) is 8.97. The number of aryl methyl sites for hydroxylation is 3. The molecule has 0 aliphatic carbocycles.